The lowest BCUT2D eigenvalue weighted by Crippen LogP contribution is -2.35. The standard InChI is InChI=1S/C12H23N5/c1-4-7-12(2,9-13-10-5-6-10)8-11-14-16-17(3)15-11/h10,13H,4-9H2,1-3H3. The van der Waals surface area contributed by atoms with Crippen molar-refractivity contribution < 1.29 is 0 Å². The first kappa shape index (κ1) is 12.5. The van der Waals surface area contributed by atoms with Crippen molar-refractivity contribution in [1.29, 1.82) is 0 Å². The van der Waals surface area contributed by atoms with Gasteiger partial charge in [-0.15, -0.1) is 10.2 Å². The van der Waals surface area contributed by atoms with Crippen molar-refractivity contribution in [2.45, 2.75) is 52.0 Å². The fourth-order valence-corrected chi connectivity index (χ4v) is 2.30. The quantitative estimate of drug-likeness (QED) is 0.777. The third kappa shape index (κ3) is 3.77. The van der Waals surface area contributed by atoms with E-state index in [0.717, 1.165) is 24.8 Å². The molecule has 5 nitrogen and oxygen atoms in total. The van der Waals surface area contributed by atoms with E-state index in [0.29, 0.717) is 0 Å². The van der Waals surface area contributed by atoms with Crippen LogP contribution in [0.5, 0.6) is 0 Å². The molecule has 0 spiro atoms. The second-order valence-electron chi connectivity index (χ2n) is 5.59. The summed E-state index contributed by atoms with van der Waals surface area (Å²) in [6, 6.07) is 0.765. The van der Waals surface area contributed by atoms with E-state index >= 15 is 0 Å². The Bertz CT molecular complexity index is 358. The highest BCUT2D eigenvalue weighted by atomic mass is 15.6. The highest BCUT2D eigenvalue weighted by Gasteiger charge is 2.29. The molecule has 0 saturated heterocycles. The van der Waals surface area contributed by atoms with Crippen molar-refractivity contribution in [3.8, 4) is 0 Å². The van der Waals surface area contributed by atoms with E-state index in [1.807, 2.05) is 7.05 Å². The first-order chi connectivity index (χ1) is 8.11. The Kier molecular flexibility index (Phi) is 3.76. The zero-order chi connectivity index (χ0) is 12.3. The molecular weight excluding hydrogens is 214 g/mol. The fourth-order valence-electron chi connectivity index (χ4n) is 2.30. The van der Waals surface area contributed by atoms with Gasteiger partial charge in [0.25, 0.3) is 0 Å². The minimum Gasteiger partial charge on any atom is -0.313 e. The van der Waals surface area contributed by atoms with Gasteiger partial charge >= 0.3 is 0 Å². The SMILES string of the molecule is CCCC(C)(CNC1CC1)Cc1nnn(C)n1. The third-order valence-electron chi connectivity index (χ3n) is 3.38. The predicted octanol–water partition coefficient (Wildman–Crippen LogP) is 1.31. The number of aromatic nitrogens is 4. The number of hydrogen-bond acceptors (Lipinski definition) is 4. The Morgan fingerprint density at radius 3 is 2.76 bits per heavy atom. The smallest absolute Gasteiger partial charge is 0.175 e. The highest BCUT2D eigenvalue weighted by Crippen LogP contribution is 2.28. The molecule has 0 radical (unpaired) electrons. The topological polar surface area (TPSA) is 55.6 Å². The van der Waals surface area contributed by atoms with Gasteiger partial charge in [0.1, 0.15) is 0 Å². The molecule has 1 aromatic heterocycles. The summed E-state index contributed by atoms with van der Waals surface area (Å²) in [6.45, 7) is 5.62. The van der Waals surface area contributed by atoms with E-state index in [-0.39, 0.29) is 5.41 Å². The summed E-state index contributed by atoms with van der Waals surface area (Å²) >= 11 is 0. The van der Waals surface area contributed by atoms with Crippen LogP contribution in [-0.4, -0.2) is 32.8 Å². The van der Waals surface area contributed by atoms with Gasteiger partial charge in [-0.25, -0.2) is 0 Å². The van der Waals surface area contributed by atoms with Crippen molar-refractivity contribution >= 4 is 0 Å². The fraction of sp³-hybridized carbons (Fsp3) is 0.917. The Balaban J connectivity index is 1.93. The molecule has 1 fully saturated rings. The first-order valence-electron chi connectivity index (χ1n) is 6.57. The van der Waals surface area contributed by atoms with E-state index in [9.17, 15) is 0 Å². The summed E-state index contributed by atoms with van der Waals surface area (Å²) < 4.78 is 0. The van der Waals surface area contributed by atoms with Gasteiger partial charge in [-0.3, -0.25) is 0 Å². The summed E-state index contributed by atoms with van der Waals surface area (Å²) in [6.07, 6.45) is 5.99. The van der Waals surface area contributed by atoms with Crippen LogP contribution in [0.1, 0.15) is 45.4 Å². The van der Waals surface area contributed by atoms with E-state index in [4.69, 9.17) is 0 Å². The molecule has 0 aromatic carbocycles. The highest BCUT2D eigenvalue weighted by molar-refractivity contribution is 4.92. The minimum absolute atomic E-state index is 0.250. The lowest BCUT2D eigenvalue weighted by atomic mass is 9.82. The molecule has 1 unspecified atom stereocenters. The number of nitrogens with zero attached hydrogens (tertiary/aromatic N) is 4. The van der Waals surface area contributed by atoms with Crippen LogP contribution in [0.2, 0.25) is 0 Å². The molecule has 0 amide bonds. The predicted molar refractivity (Wildman–Crippen MR) is 66.5 cm³/mol. The van der Waals surface area contributed by atoms with Gasteiger partial charge in [-0.1, -0.05) is 20.3 Å². The normalized spacial score (nSPS) is 19.2. The van der Waals surface area contributed by atoms with Gasteiger partial charge in [0, 0.05) is 19.0 Å². The summed E-state index contributed by atoms with van der Waals surface area (Å²) in [5.74, 6) is 0.862. The Labute approximate surface area is 103 Å². The maximum Gasteiger partial charge on any atom is 0.175 e. The summed E-state index contributed by atoms with van der Waals surface area (Å²) in [4.78, 5) is 1.54. The van der Waals surface area contributed by atoms with Crippen LogP contribution < -0.4 is 5.32 Å². The van der Waals surface area contributed by atoms with E-state index in [1.165, 1.54) is 30.5 Å². The van der Waals surface area contributed by atoms with E-state index < -0.39 is 0 Å². The summed E-state index contributed by atoms with van der Waals surface area (Å²) in [5, 5.41) is 15.9. The molecule has 0 bridgehead atoms. The van der Waals surface area contributed by atoms with Crippen LogP contribution >= 0.6 is 0 Å². The molecule has 2 rings (SSSR count). The van der Waals surface area contributed by atoms with Crippen LogP contribution in [0.25, 0.3) is 0 Å². The molecule has 1 aliphatic rings. The van der Waals surface area contributed by atoms with Crippen LogP contribution in [-0.2, 0) is 13.5 Å². The second kappa shape index (κ2) is 5.12. The van der Waals surface area contributed by atoms with Gasteiger partial charge < -0.3 is 5.32 Å². The van der Waals surface area contributed by atoms with Gasteiger partial charge in [0.2, 0.25) is 0 Å². The Hall–Kier alpha value is -0.970. The van der Waals surface area contributed by atoms with Gasteiger partial charge in [-0.2, -0.15) is 4.80 Å². The molecular formula is C12H23N5. The van der Waals surface area contributed by atoms with Gasteiger partial charge in [0.05, 0.1) is 7.05 Å². The van der Waals surface area contributed by atoms with Gasteiger partial charge in [-0.05, 0) is 29.9 Å². The molecule has 1 N–H and O–H groups in total. The maximum atomic E-state index is 4.29. The monoisotopic (exact) mass is 237 g/mol. The number of tetrazole rings is 1. The molecule has 1 heterocycles. The molecule has 0 aliphatic heterocycles. The average Bonchev–Trinajstić information content (AvgIpc) is 3.01. The molecule has 17 heavy (non-hydrogen) atoms. The largest absolute Gasteiger partial charge is 0.313 e. The lowest BCUT2D eigenvalue weighted by molar-refractivity contribution is 0.268. The summed E-state index contributed by atoms with van der Waals surface area (Å²) in [5.41, 5.74) is 0.250. The number of rotatable bonds is 7. The number of hydrogen-bond donors (Lipinski definition) is 1. The molecule has 1 saturated carbocycles. The van der Waals surface area contributed by atoms with Crippen LogP contribution in [0.15, 0.2) is 0 Å². The van der Waals surface area contributed by atoms with Crippen molar-refractivity contribution in [2.24, 2.45) is 12.5 Å². The molecule has 1 aliphatic carbocycles. The molecule has 5 heteroatoms. The van der Waals surface area contributed by atoms with Gasteiger partial charge in [0.15, 0.2) is 5.82 Å². The van der Waals surface area contributed by atoms with Crippen molar-refractivity contribution in [3.63, 3.8) is 0 Å². The van der Waals surface area contributed by atoms with Crippen LogP contribution in [0.4, 0.5) is 0 Å². The third-order valence-corrected chi connectivity index (χ3v) is 3.38. The number of nitrogens with one attached hydrogen (secondary N) is 1. The van der Waals surface area contributed by atoms with Crippen molar-refractivity contribution in [3.05, 3.63) is 5.82 Å². The summed E-state index contributed by atoms with van der Waals surface area (Å²) in [7, 11) is 1.82. The Morgan fingerprint density at radius 1 is 1.47 bits per heavy atom. The minimum atomic E-state index is 0.250. The average molecular weight is 237 g/mol. The van der Waals surface area contributed by atoms with E-state index in [1.54, 1.807) is 0 Å². The first-order valence-corrected chi connectivity index (χ1v) is 6.57. The van der Waals surface area contributed by atoms with Crippen molar-refractivity contribution in [2.75, 3.05) is 6.54 Å². The number of aryl methyl sites for hydroxylation is 1. The zero-order valence-electron chi connectivity index (χ0n) is 11.1. The van der Waals surface area contributed by atoms with Crippen molar-refractivity contribution in [1.82, 2.24) is 25.5 Å². The molecule has 96 valence electrons. The van der Waals surface area contributed by atoms with Crippen LogP contribution in [0, 0.1) is 5.41 Å². The Morgan fingerprint density at radius 2 is 2.24 bits per heavy atom. The molecule has 1 atom stereocenters. The maximum absolute atomic E-state index is 4.29. The lowest BCUT2D eigenvalue weighted by Gasteiger charge is -2.28. The van der Waals surface area contributed by atoms with E-state index in [2.05, 4.69) is 34.6 Å². The second-order valence-corrected chi connectivity index (χ2v) is 5.59. The van der Waals surface area contributed by atoms with Crippen LogP contribution in [0.3, 0.4) is 0 Å². The molecule has 1 aromatic rings. The zero-order valence-corrected chi connectivity index (χ0v) is 11.1.